The van der Waals surface area contributed by atoms with Gasteiger partial charge in [-0.2, -0.15) is 0 Å². The second-order valence-electron chi connectivity index (χ2n) is 3.77. The molecular weight excluding hydrogens is 208 g/mol. The number of hydrogen-bond acceptors (Lipinski definition) is 4. The van der Waals surface area contributed by atoms with Crippen LogP contribution in [0.25, 0.3) is 0 Å². The SMILES string of the molecule is Cc1ccc(OC(=O)O[C@@H]2CCOC2)cc1. The Morgan fingerprint density at radius 3 is 2.75 bits per heavy atom. The predicted molar refractivity (Wildman–Crippen MR) is 57.5 cm³/mol. The zero-order valence-corrected chi connectivity index (χ0v) is 9.14. The molecule has 1 saturated heterocycles. The number of carbonyl (C=O) groups is 1. The van der Waals surface area contributed by atoms with Crippen LogP contribution in [0.5, 0.6) is 5.75 Å². The molecule has 0 amide bonds. The topological polar surface area (TPSA) is 44.8 Å². The van der Waals surface area contributed by atoms with Crippen LogP contribution in [0.3, 0.4) is 0 Å². The van der Waals surface area contributed by atoms with Crippen LogP contribution in [0.4, 0.5) is 4.79 Å². The lowest BCUT2D eigenvalue weighted by atomic mass is 10.2. The minimum absolute atomic E-state index is 0.169. The van der Waals surface area contributed by atoms with Crippen molar-refractivity contribution in [3.05, 3.63) is 29.8 Å². The van der Waals surface area contributed by atoms with Gasteiger partial charge in [0.25, 0.3) is 0 Å². The van der Waals surface area contributed by atoms with E-state index in [1.807, 2.05) is 19.1 Å². The maximum Gasteiger partial charge on any atom is 0.514 e. The Bertz CT molecular complexity index is 352. The molecule has 0 aliphatic carbocycles. The molecule has 0 spiro atoms. The minimum Gasteiger partial charge on any atom is -0.428 e. The quantitative estimate of drug-likeness (QED) is 0.569. The number of rotatable bonds is 2. The molecule has 2 rings (SSSR count). The van der Waals surface area contributed by atoms with Crippen molar-refractivity contribution < 1.29 is 19.0 Å². The molecule has 0 aromatic heterocycles. The number of benzene rings is 1. The van der Waals surface area contributed by atoms with E-state index in [1.165, 1.54) is 0 Å². The Morgan fingerprint density at radius 1 is 1.38 bits per heavy atom. The van der Waals surface area contributed by atoms with E-state index in [-0.39, 0.29) is 6.10 Å². The molecule has 1 aromatic rings. The fourth-order valence-electron chi connectivity index (χ4n) is 1.47. The predicted octanol–water partition coefficient (Wildman–Crippen LogP) is 2.30. The van der Waals surface area contributed by atoms with Crippen LogP contribution in [0.15, 0.2) is 24.3 Å². The molecule has 1 fully saturated rings. The van der Waals surface area contributed by atoms with E-state index in [0.29, 0.717) is 19.0 Å². The Balaban J connectivity index is 1.84. The van der Waals surface area contributed by atoms with Crippen molar-refractivity contribution in [2.45, 2.75) is 19.4 Å². The first-order chi connectivity index (χ1) is 7.74. The number of carbonyl (C=O) groups excluding carboxylic acids is 1. The third-order valence-corrected chi connectivity index (χ3v) is 2.37. The smallest absolute Gasteiger partial charge is 0.428 e. The summed E-state index contributed by atoms with van der Waals surface area (Å²) in [5.41, 5.74) is 1.12. The Labute approximate surface area is 94.1 Å². The van der Waals surface area contributed by atoms with Crippen molar-refractivity contribution in [1.82, 2.24) is 0 Å². The average molecular weight is 222 g/mol. The van der Waals surface area contributed by atoms with Gasteiger partial charge in [-0.05, 0) is 19.1 Å². The standard InChI is InChI=1S/C12H14O4/c1-9-2-4-10(5-3-9)15-12(13)16-11-6-7-14-8-11/h2-5,11H,6-8H2,1H3/t11-/m1/s1. The number of ether oxygens (including phenoxy) is 3. The Hall–Kier alpha value is -1.55. The second kappa shape index (κ2) is 4.99. The fraction of sp³-hybridized carbons (Fsp3) is 0.417. The lowest BCUT2D eigenvalue weighted by Crippen LogP contribution is -2.20. The van der Waals surface area contributed by atoms with Gasteiger partial charge in [0, 0.05) is 6.42 Å². The summed E-state index contributed by atoms with van der Waals surface area (Å²) in [6.45, 7) is 3.07. The van der Waals surface area contributed by atoms with Crippen LogP contribution in [-0.4, -0.2) is 25.5 Å². The molecule has 4 nitrogen and oxygen atoms in total. The molecule has 1 aliphatic heterocycles. The highest BCUT2D eigenvalue weighted by Crippen LogP contribution is 2.14. The summed E-state index contributed by atoms with van der Waals surface area (Å²) >= 11 is 0. The maximum absolute atomic E-state index is 11.4. The lowest BCUT2D eigenvalue weighted by Gasteiger charge is -2.09. The summed E-state index contributed by atoms with van der Waals surface area (Å²) in [4.78, 5) is 11.4. The molecule has 86 valence electrons. The molecule has 0 N–H and O–H groups in total. The summed E-state index contributed by atoms with van der Waals surface area (Å²) in [5, 5.41) is 0. The van der Waals surface area contributed by atoms with Crippen molar-refractivity contribution >= 4 is 6.16 Å². The van der Waals surface area contributed by atoms with E-state index in [0.717, 1.165) is 12.0 Å². The molecule has 0 bridgehead atoms. The summed E-state index contributed by atoms with van der Waals surface area (Å²) in [5.74, 6) is 0.495. The highest BCUT2D eigenvalue weighted by Gasteiger charge is 2.20. The van der Waals surface area contributed by atoms with E-state index in [9.17, 15) is 4.79 Å². The van der Waals surface area contributed by atoms with Gasteiger partial charge in [0.2, 0.25) is 0 Å². The minimum atomic E-state index is -0.667. The molecular formula is C12H14O4. The Morgan fingerprint density at radius 2 is 2.12 bits per heavy atom. The zero-order valence-electron chi connectivity index (χ0n) is 9.14. The van der Waals surface area contributed by atoms with Crippen LogP contribution >= 0.6 is 0 Å². The van der Waals surface area contributed by atoms with Crippen LogP contribution in [0.1, 0.15) is 12.0 Å². The zero-order chi connectivity index (χ0) is 11.4. The summed E-state index contributed by atoms with van der Waals surface area (Å²) < 4.78 is 15.2. The number of aryl methyl sites for hydroxylation is 1. The van der Waals surface area contributed by atoms with E-state index < -0.39 is 6.16 Å². The molecule has 1 atom stereocenters. The summed E-state index contributed by atoms with van der Waals surface area (Å²) in [7, 11) is 0. The fourth-order valence-corrected chi connectivity index (χ4v) is 1.47. The van der Waals surface area contributed by atoms with Gasteiger partial charge in [0.15, 0.2) is 0 Å². The van der Waals surface area contributed by atoms with Gasteiger partial charge in [-0.15, -0.1) is 0 Å². The van der Waals surface area contributed by atoms with Crippen molar-refractivity contribution in [3.63, 3.8) is 0 Å². The van der Waals surface area contributed by atoms with Gasteiger partial charge >= 0.3 is 6.16 Å². The van der Waals surface area contributed by atoms with Gasteiger partial charge in [-0.25, -0.2) is 4.79 Å². The van der Waals surface area contributed by atoms with Gasteiger partial charge in [0.1, 0.15) is 11.9 Å². The Kier molecular flexibility index (Phi) is 3.41. The molecule has 1 aliphatic rings. The first kappa shape index (κ1) is 11.0. The summed E-state index contributed by atoms with van der Waals surface area (Å²) in [6.07, 6.45) is -0.0967. The van der Waals surface area contributed by atoms with Crippen LogP contribution < -0.4 is 4.74 Å². The van der Waals surface area contributed by atoms with Crippen molar-refractivity contribution in [1.29, 1.82) is 0 Å². The molecule has 1 aromatic carbocycles. The third kappa shape index (κ3) is 2.97. The molecule has 0 saturated carbocycles. The van der Waals surface area contributed by atoms with Crippen LogP contribution in [-0.2, 0) is 9.47 Å². The normalized spacial score (nSPS) is 19.4. The van der Waals surface area contributed by atoms with Gasteiger partial charge in [0.05, 0.1) is 13.2 Å². The maximum atomic E-state index is 11.4. The highest BCUT2D eigenvalue weighted by atomic mass is 16.7. The van der Waals surface area contributed by atoms with Gasteiger partial charge in [-0.1, -0.05) is 17.7 Å². The molecule has 1 heterocycles. The highest BCUT2D eigenvalue weighted by molar-refractivity contribution is 5.64. The molecule has 16 heavy (non-hydrogen) atoms. The monoisotopic (exact) mass is 222 g/mol. The summed E-state index contributed by atoms with van der Waals surface area (Å²) in [6, 6.07) is 7.23. The van der Waals surface area contributed by atoms with Gasteiger partial charge in [-0.3, -0.25) is 0 Å². The van der Waals surface area contributed by atoms with Gasteiger partial charge < -0.3 is 14.2 Å². The molecule has 0 unspecified atom stereocenters. The molecule has 0 radical (unpaired) electrons. The lowest BCUT2D eigenvalue weighted by molar-refractivity contribution is 0.0507. The molecule has 4 heteroatoms. The van der Waals surface area contributed by atoms with Crippen LogP contribution in [0, 0.1) is 6.92 Å². The van der Waals surface area contributed by atoms with E-state index >= 15 is 0 Å². The van der Waals surface area contributed by atoms with E-state index in [4.69, 9.17) is 14.2 Å². The average Bonchev–Trinajstić information content (AvgIpc) is 2.74. The van der Waals surface area contributed by atoms with Crippen molar-refractivity contribution in [2.24, 2.45) is 0 Å². The largest absolute Gasteiger partial charge is 0.514 e. The first-order valence-corrected chi connectivity index (χ1v) is 5.27. The third-order valence-electron chi connectivity index (χ3n) is 2.37. The van der Waals surface area contributed by atoms with Crippen LogP contribution in [0.2, 0.25) is 0 Å². The van der Waals surface area contributed by atoms with E-state index in [2.05, 4.69) is 0 Å². The van der Waals surface area contributed by atoms with Crippen molar-refractivity contribution in [3.8, 4) is 5.75 Å². The number of hydrogen-bond donors (Lipinski definition) is 0. The van der Waals surface area contributed by atoms with E-state index in [1.54, 1.807) is 12.1 Å². The first-order valence-electron chi connectivity index (χ1n) is 5.27. The van der Waals surface area contributed by atoms with Crippen molar-refractivity contribution in [2.75, 3.05) is 13.2 Å². The second-order valence-corrected chi connectivity index (χ2v) is 3.77.